The van der Waals surface area contributed by atoms with Crippen LogP contribution >= 0.6 is 22.7 Å². The molecule has 0 bridgehead atoms. The Kier molecular flexibility index (Phi) is 27.6. The number of aromatic amines is 1. The fourth-order valence-electron chi connectivity index (χ4n) is 14.7. The third kappa shape index (κ3) is 22.3. The van der Waals surface area contributed by atoms with Gasteiger partial charge in [0.25, 0.3) is 0 Å². The average Bonchev–Trinajstić information content (AvgIpc) is 1.58. The van der Waals surface area contributed by atoms with Gasteiger partial charge in [-0.1, -0.05) is 60.6 Å². The van der Waals surface area contributed by atoms with Crippen molar-refractivity contribution in [1.29, 1.82) is 0 Å². The maximum atomic E-state index is 14.6. The highest BCUT2D eigenvalue weighted by Gasteiger charge is 2.63. The molecule has 8 aliphatic rings. The number of carbonyl (C=O) groups is 8. The summed E-state index contributed by atoms with van der Waals surface area (Å²) in [5.74, 6) is -3.45. The van der Waals surface area contributed by atoms with Crippen molar-refractivity contribution >= 4 is 111 Å². The largest absolute Gasteiger partial charge is 0.487 e. The molecule has 8 fully saturated rings. The number of rotatable bonds is 29. The number of allylic oxidation sites excluding steroid dienone is 2. The highest BCUT2D eigenvalue weighted by atomic mass is 32.2. The number of methoxy groups -OCH3 is 1. The van der Waals surface area contributed by atoms with E-state index in [4.69, 9.17) is 32.6 Å². The Labute approximate surface area is 635 Å². The number of carbonyl (C=O) groups excluding carboxylic acids is 8. The minimum Gasteiger partial charge on any atom is -0.487 e. The molecular weight excluding hydrogens is 1460 g/mol. The summed E-state index contributed by atoms with van der Waals surface area (Å²) >= 11 is 2.89. The van der Waals surface area contributed by atoms with Crippen LogP contribution in [0.5, 0.6) is 17.5 Å². The van der Waals surface area contributed by atoms with Crippen LogP contribution in [0, 0.1) is 51.2 Å². The number of esters is 3. The number of aromatic nitrogens is 2. The number of H-pyrrole nitrogens is 1. The molecule has 0 unspecified atom stereocenters. The predicted octanol–water partition coefficient (Wildman–Crippen LogP) is 10.7. The molecule has 0 aromatic carbocycles. The lowest BCUT2D eigenvalue weighted by Crippen LogP contribution is -2.48. The van der Waals surface area contributed by atoms with E-state index in [2.05, 4.69) is 32.4 Å². The van der Waals surface area contributed by atoms with Crippen molar-refractivity contribution in [2.75, 3.05) is 33.4 Å². The predicted molar refractivity (Wildman–Crippen MR) is 401 cm³/mol. The van der Waals surface area contributed by atoms with Gasteiger partial charge in [0.2, 0.25) is 29.0 Å². The van der Waals surface area contributed by atoms with Crippen molar-refractivity contribution < 1.29 is 92.0 Å². The molecule has 4 N–H and O–H groups in total. The highest BCUT2D eigenvalue weighted by molar-refractivity contribution is 7.85. The van der Waals surface area contributed by atoms with E-state index < -0.39 is 108 Å². The Balaban J connectivity index is 0.000000202. The van der Waals surface area contributed by atoms with Crippen LogP contribution in [0.3, 0.4) is 0 Å². The number of nitrogens with zero attached hydrogens (tertiary/aromatic N) is 3. The zero-order chi connectivity index (χ0) is 78.1. The summed E-state index contributed by atoms with van der Waals surface area (Å²) < 4.78 is 91.9. The molecule has 6 aliphatic carbocycles. The first-order valence-electron chi connectivity index (χ1n) is 37.2. The van der Waals surface area contributed by atoms with E-state index in [-0.39, 0.29) is 104 Å². The lowest BCUT2D eigenvalue weighted by atomic mass is 9.77. The minimum absolute atomic E-state index is 0.00919. The highest BCUT2D eigenvalue weighted by Crippen LogP contribution is 2.58. The molecule has 4 aromatic heterocycles. The topological polar surface area (TPSA) is 369 Å². The van der Waals surface area contributed by atoms with Gasteiger partial charge in [0.05, 0.1) is 107 Å². The van der Waals surface area contributed by atoms with Gasteiger partial charge in [0.15, 0.2) is 17.4 Å². The maximum absolute atomic E-state index is 14.6. The number of hydrogen-bond donors (Lipinski definition) is 3. The molecule has 4 aromatic rings. The van der Waals surface area contributed by atoms with Gasteiger partial charge in [-0.2, -0.15) is 16.8 Å². The van der Waals surface area contributed by atoms with E-state index >= 15 is 0 Å². The van der Waals surface area contributed by atoms with Crippen molar-refractivity contribution in [2.24, 2.45) is 56.4 Å². The zero-order valence-corrected chi connectivity index (χ0v) is 66.3. The summed E-state index contributed by atoms with van der Waals surface area (Å²) in [6.07, 6.45) is 13.1. The smallest absolute Gasteiger partial charge is 0.362 e. The van der Waals surface area contributed by atoms with Crippen LogP contribution < -0.4 is 29.5 Å². The molecule has 0 spiro atoms. The molecule has 2 aliphatic heterocycles. The first-order chi connectivity index (χ1) is 50.4. The minimum atomic E-state index is -4.37. The van der Waals surface area contributed by atoms with Crippen LogP contribution in [0.1, 0.15) is 191 Å². The second-order valence-corrected chi connectivity index (χ2v) is 36.0. The van der Waals surface area contributed by atoms with Crippen LogP contribution in [-0.2, 0) is 81.5 Å². The number of hydrogen-bond acceptors (Lipinski definition) is 24. The summed E-state index contributed by atoms with van der Waals surface area (Å²) in [4.78, 5) is 130. The molecule has 12 rings (SSSR count). The lowest BCUT2D eigenvalue weighted by Gasteiger charge is -2.35. The lowest BCUT2D eigenvalue weighted by molar-refractivity contribution is -0.156. The van der Waals surface area contributed by atoms with E-state index in [0.29, 0.717) is 68.5 Å². The second-order valence-electron chi connectivity index (χ2n) is 31.6. The Bertz CT molecular complexity index is 4200. The first-order valence-corrected chi connectivity index (χ1v) is 41.8. The Morgan fingerprint density at radius 1 is 0.682 bits per heavy atom. The average molecular weight is 1570 g/mol. The first kappa shape index (κ1) is 83.9. The number of fused-ring (bicyclic) bond motifs is 2. The molecule has 107 heavy (non-hydrogen) atoms. The maximum Gasteiger partial charge on any atom is 0.362 e. The van der Waals surface area contributed by atoms with Crippen molar-refractivity contribution in [3.63, 3.8) is 0 Å². The molecular formula is C76H106N6O21S4. The number of nitrogens with one attached hydrogen (secondary N) is 2. The fraction of sp³-hybridized carbons (Fsp3) is 0.658. The molecule has 3 amide bonds. The summed E-state index contributed by atoms with van der Waals surface area (Å²) in [6.45, 7) is 26.3. The van der Waals surface area contributed by atoms with Gasteiger partial charge in [-0.25, -0.2) is 14.8 Å². The van der Waals surface area contributed by atoms with Crippen LogP contribution in [0.15, 0.2) is 65.1 Å². The van der Waals surface area contributed by atoms with Gasteiger partial charge >= 0.3 is 38.5 Å². The van der Waals surface area contributed by atoms with Crippen LogP contribution in [0.2, 0.25) is 0 Å². The monoisotopic (exact) mass is 1570 g/mol. The molecule has 31 heteroatoms. The van der Waals surface area contributed by atoms with Gasteiger partial charge in [-0.05, 0) is 162 Å². The van der Waals surface area contributed by atoms with E-state index in [0.717, 1.165) is 79.1 Å². The molecule has 0 radical (unpaired) electrons. The number of Topliss-reactive ketones (excluding diaryl/α,β-unsaturated/α-hetero) is 2. The molecule has 10 atom stereocenters. The normalized spacial score (nSPS) is 24.8. The summed E-state index contributed by atoms with van der Waals surface area (Å²) in [7, 11) is -6.70. The third-order valence-electron chi connectivity index (χ3n) is 21.0. The fourth-order valence-corrected chi connectivity index (χ4v) is 17.8. The molecule has 590 valence electrons. The second kappa shape index (κ2) is 35.2. The molecule has 6 saturated carbocycles. The van der Waals surface area contributed by atoms with Crippen LogP contribution in [0.25, 0.3) is 20.4 Å². The SMILES string of the molecule is C=C[C@@H]1C[C@]1(CC(=O)[C@@H]1C[C@@H](Oc2cc(OCC)nc3ccsc23)CN1C(=O)[C@@H](CC(=O)OC1CCCC1)C(C)(C)C)C(=O)NS(=O)(=O)OC1CC1.C=C[C@@H]1C[C@]1(CC(=O)[C@@H]1C[C@H](C)CN1C(=O)[C@@H](CC(=O)OC1CCCC1)C(C)(C)C)C(=O)OC.CCOc1cc(=O)c2sccc2[nH]1.NS(=O)(=O)OC1CC1. The number of ether oxygens (including phenoxy) is 6. The summed E-state index contributed by atoms with van der Waals surface area (Å²) in [5.41, 5.74) is -1.79. The van der Waals surface area contributed by atoms with Gasteiger partial charge in [-0.3, -0.25) is 51.5 Å². The Morgan fingerprint density at radius 2 is 1.19 bits per heavy atom. The van der Waals surface area contributed by atoms with Gasteiger partial charge < -0.3 is 43.2 Å². The number of thiophene rings is 2. The number of nitrogens with two attached hydrogens (primary N) is 1. The van der Waals surface area contributed by atoms with E-state index in [1.165, 1.54) is 40.7 Å². The zero-order valence-electron chi connectivity index (χ0n) is 63.1. The van der Waals surface area contributed by atoms with Crippen LogP contribution in [-0.4, -0.2) is 160 Å². The quantitative estimate of drug-likeness (QED) is 0.0258. The Morgan fingerprint density at radius 3 is 1.68 bits per heavy atom. The number of likely N-dealkylation sites (tertiary alicyclic amines) is 2. The molecule has 27 nitrogen and oxygen atoms in total. The Hall–Kier alpha value is -7.16. The number of ketones is 2. The molecule has 6 heterocycles. The van der Waals surface area contributed by atoms with Gasteiger partial charge in [0, 0.05) is 37.9 Å². The molecule has 2 saturated heterocycles. The van der Waals surface area contributed by atoms with Crippen molar-refractivity contribution in [3.8, 4) is 17.5 Å². The van der Waals surface area contributed by atoms with E-state index in [1.54, 1.807) is 23.1 Å². The van der Waals surface area contributed by atoms with Crippen molar-refractivity contribution in [1.82, 2.24) is 24.5 Å². The van der Waals surface area contributed by atoms with Crippen molar-refractivity contribution in [2.45, 2.75) is 233 Å². The summed E-state index contributed by atoms with van der Waals surface area (Å²) in [6, 6.07) is 5.33. The number of amides is 3. The summed E-state index contributed by atoms with van der Waals surface area (Å²) in [5, 5.41) is 8.30. The number of pyridine rings is 2. The van der Waals surface area contributed by atoms with Crippen LogP contribution in [0.4, 0.5) is 0 Å². The van der Waals surface area contributed by atoms with Gasteiger partial charge in [-0.15, -0.1) is 35.8 Å². The van der Waals surface area contributed by atoms with Gasteiger partial charge in [0.1, 0.15) is 24.1 Å². The van der Waals surface area contributed by atoms with E-state index in [9.17, 15) is 60.0 Å². The third-order valence-corrected chi connectivity index (χ3v) is 24.4. The standard InChI is InChI=1S/C37H49N3O10S2.C27H41NO6.C9H9NO2S.C3H7NO3S/c1-6-22-19-37(22,35(44)39-52(45,46)50-24-12-13-24)20-29(41)28-16-25(48-30-18-31(47-7-2)38-27-14-15-51-33(27)30)21-40(28)34(43)26(36(3,4)5)17-32(42)49-23-10-8-9-11-23;1-7-18-14-27(18,25(32)33-6)15-22(29)21-12-17(2)16-28(21)24(31)20(26(3,4)5)13-23(30)34-19-10-8-9-11-19;1-2-12-8-5-7(11)9-6(10-8)3-4-13-9;4-8(5,6)7-3-1-2-3/h6,14-15,18,22-26,28H,1,7-13,16-17,19-21H2,2-5H3,(H,39,44);7,17-21H,1,8-16H2,2-6H3;3-5H,2H2,1H3,(H,10,11);3H,1-2H2,(H2,4,5,6)/t22-,25-,26-,28+,37-;17-,18+,20+,21-,27+;;/m10../s1. The van der Waals surface area contributed by atoms with Crippen molar-refractivity contribution in [3.05, 3.63) is 70.6 Å². The van der Waals surface area contributed by atoms with E-state index in [1.807, 2.05) is 89.9 Å².